The first kappa shape index (κ1) is 8.07. The first-order valence-electron chi connectivity index (χ1n) is 3.43. The minimum Gasteiger partial charge on any atom is -0.497 e. The van der Waals surface area contributed by atoms with Gasteiger partial charge in [0.05, 0.1) is 18.8 Å². The molecular weight excluding hydrogens is 148 g/mol. The molecule has 0 spiro atoms. The monoisotopic (exact) mass is 158 g/mol. The SMILES string of the molecule is O=C(O)/C=C1\CC(O)CCO1. The molecule has 1 rings (SSSR count). The summed E-state index contributed by atoms with van der Waals surface area (Å²) < 4.78 is 4.98. The lowest BCUT2D eigenvalue weighted by Gasteiger charge is -2.20. The van der Waals surface area contributed by atoms with Gasteiger partial charge in [-0.15, -0.1) is 0 Å². The van der Waals surface area contributed by atoms with E-state index in [0.29, 0.717) is 25.2 Å². The van der Waals surface area contributed by atoms with Gasteiger partial charge in [-0.1, -0.05) is 0 Å². The van der Waals surface area contributed by atoms with E-state index >= 15 is 0 Å². The molecule has 62 valence electrons. The average molecular weight is 158 g/mol. The molecule has 11 heavy (non-hydrogen) atoms. The van der Waals surface area contributed by atoms with Crippen molar-refractivity contribution in [1.29, 1.82) is 0 Å². The van der Waals surface area contributed by atoms with Crippen LogP contribution in [0.2, 0.25) is 0 Å². The predicted octanol–water partition coefficient (Wildman–Crippen LogP) is 0.126. The lowest BCUT2D eigenvalue weighted by atomic mass is 10.1. The van der Waals surface area contributed by atoms with Gasteiger partial charge >= 0.3 is 5.97 Å². The molecule has 0 bridgehead atoms. The molecular formula is C7H10O4. The molecule has 1 saturated heterocycles. The Balaban J connectivity index is 2.52. The second kappa shape index (κ2) is 3.39. The summed E-state index contributed by atoms with van der Waals surface area (Å²) >= 11 is 0. The van der Waals surface area contributed by atoms with Gasteiger partial charge < -0.3 is 14.9 Å². The van der Waals surface area contributed by atoms with Crippen molar-refractivity contribution in [2.24, 2.45) is 0 Å². The van der Waals surface area contributed by atoms with Crippen LogP contribution in [0.15, 0.2) is 11.8 Å². The van der Waals surface area contributed by atoms with Crippen molar-refractivity contribution in [3.8, 4) is 0 Å². The van der Waals surface area contributed by atoms with E-state index in [1.165, 1.54) is 0 Å². The van der Waals surface area contributed by atoms with Gasteiger partial charge in [0.1, 0.15) is 5.76 Å². The van der Waals surface area contributed by atoms with Crippen molar-refractivity contribution in [3.63, 3.8) is 0 Å². The molecule has 1 aliphatic rings. The summed E-state index contributed by atoms with van der Waals surface area (Å²) in [4.78, 5) is 10.1. The highest BCUT2D eigenvalue weighted by atomic mass is 16.5. The van der Waals surface area contributed by atoms with Gasteiger partial charge in [-0.2, -0.15) is 0 Å². The van der Waals surface area contributed by atoms with Crippen LogP contribution in [-0.4, -0.2) is 28.9 Å². The standard InChI is InChI=1S/C7H10O4/c8-5-1-2-11-6(3-5)4-7(9)10/h4-5,8H,1-3H2,(H,9,10)/b6-4+. The molecule has 1 fully saturated rings. The van der Waals surface area contributed by atoms with E-state index < -0.39 is 12.1 Å². The summed E-state index contributed by atoms with van der Waals surface area (Å²) in [5, 5.41) is 17.4. The summed E-state index contributed by atoms with van der Waals surface area (Å²) in [6.07, 6.45) is 1.43. The van der Waals surface area contributed by atoms with Crippen LogP contribution in [0.4, 0.5) is 0 Å². The number of ether oxygens (including phenoxy) is 1. The molecule has 1 atom stereocenters. The molecule has 1 unspecified atom stereocenters. The Hall–Kier alpha value is -1.03. The molecule has 1 aliphatic heterocycles. The highest BCUT2D eigenvalue weighted by Gasteiger charge is 2.15. The van der Waals surface area contributed by atoms with Crippen molar-refractivity contribution in [1.82, 2.24) is 0 Å². The quantitative estimate of drug-likeness (QED) is 0.532. The number of hydrogen-bond acceptors (Lipinski definition) is 3. The Morgan fingerprint density at radius 3 is 3.00 bits per heavy atom. The molecule has 0 radical (unpaired) electrons. The average Bonchev–Trinajstić information content (AvgIpc) is 1.85. The number of aliphatic hydroxyl groups is 1. The number of aliphatic carboxylic acids is 1. The Bertz CT molecular complexity index is 185. The Kier molecular flexibility index (Phi) is 2.48. The van der Waals surface area contributed by atoms with Crippen molar-refractivity contribution < 1.29 is 19.7 Å². The van der Waals surface area contributed by atoms with Gasteiger partial charge in [0.15, 0.2) is 0 Å². The zero-order valence-electron chi connectivity index (χ0n) is 5.99. The van der Waals surface area contributed by atoms with Crippen LogP contribution in [0.1, 0.15) is 12.8 Å². The maximum Gasteiger partial charge on any atom is 0.331 e. The fraction of sp³-hybridized carbons (Fsp3) is 0.571. The van der Waals surface area contributed by atoms with Crippen LogP contribution in [0.5, 0.6) is 0 Å². The number of carboxylic acids is 1. The molecule has 0 aromatic rings. The number of carboxylic acid groups (broad SMARTS) is 1. The third kappa shape index (κ3) is 2.59. The van der Waals surface area contributed by atoms with Crippen LogP contribution in [0.3, 0.4) is 0 Å². The first-order chi connectivity index (χ1) is 5.18. The number of carbonyl (C=O) groups is 1. The topological polar surface area (TPSA) is 66.8 Å². The second-order valence-electron chi connectivity index (χ2n) is 2.44. The molecule has 4 nitrogen and oxygen atoms in total. The third-order valence-corrected chi connectivity index (χ3v) is 1.46. The molecule has 4 heteroatoms. The highest BCUT2D eigenvalue weighted by Crippen LogP contribution is 2.16. The van der Waals surface area contributed by atoms with E-state index in [1.807, 2.05) is 0 Å². The van der Waals surface area contributed by atoms with E-state index in [-0.39, 0.29) is 0 Å². The van der Waals surface area contributed by atoms with E-state index in [0.717, 1.165) is 6.08 Å². The van der Waals surface area contributed by atoms with Gasteiger partial charge in [0.25, 0.3) is 0 Å². The van der Waals surface area contributed by atoms with E-state index in [9.17, 15) is 4.79 Å². The summed E-state index contributed by atoms with van der Waals surface area (Å²) in [5.41, 5.74) is 0. The first-order valence-corrected chi connectivity index (χ1v) is 3.43. The summed E-state index contributed by atoms with van der Waals surface area (Å²) in [5.74, 6) is -0.676. The fourth-order valence-corrected chi connectivity index (χ4v) is 0.958. The Labute approximate surface area is 64.1 Å². The van der Waals surface area contributed by atoms with Crippen molar-refractivity contribution in [2.75, 3.05) is 6.61 Å². The molecule has 0 aliphatic carbocycles. The van der Waals surface area contributed by atoms with Crippen molar-refractivity contribution >= 4 is 5.97 Å². The molecule has 0 aromatic heterocycles. The molecule has 1 heterocycles. The highest BCUT2D eigenvalue weighted by molar-refractivity contribution is 5.80. The molecule has 0 saturated carbocycles. The van der Waals surface area contributed by atoms with E-state index in [4.69, 9.17) is 14.9 Å². The Morgan fingerprint density at radius 1 is 1.73 bits per heavy atom. The lowest BCUT2D eigenvalue weighted by Crippen LogP contribution is -2.19. The van der Waals surface area contributed by atoms with Crippen LogP contribution >= 0.6 is 0 Å². The summed E-state index contributed by atoms with van der Waals surface area (Å²) in [6.45, 7) is 0.403. The minimum atomic E-state index is -1.03. The van der Waals surface area contributed by atoms with Gasteiger partial charge in [-0.25, -0.2) is 4.79 Å². The van der Waals surface area contributed by atoms with Crippen molar-refractivity contribution in [3.05, 3.63) is 11.8 Å². The van der Waals surface area contributed by atoms with E-state index in [2.05, 4.69) is 0 Å². The minimum absolute atomic E-state index is 0.312. The zero-order chi connectivity index (χ0) is 8.27. The second-order valence-corrected chi connectivity index (χ2v) is 2.44. The normalized spacial score (nSPS) is 28.1. The third-order valence-electron chi connectivity index (χ3n) is 1.46. The molecule has 0 amide bonds. The number of aliphatic hydroxyl groups excluding tert-OH is 1. The zero-order valence-corrected chi connectivity index (χ0v) is 5.99. The summed E-state index contributed by atoms with van der Waals surface area (Å²) in [7, 11) is 0. The van der Waals surface area contributed by atoms with Crippen molar-refractivity contribution in [2.45, 2.75) is 18.9 Å². The molecule has 2 N–H and O–H groups in total. The predicted molar refractivity (Wildman–Crippen MR) is 36.9 cm³/mol. The van der Waals surface area contributed by atoms with Gasteiger partial charge in [-0.3, -0.25) is 0 Å². The van der Waals surface area contributed by atoms with Gasteiger partial charge in [0, 0.05) is 12.8 Å². The molecule has 0 aromatic carbocycles. The van der Waals surface area contributed by atoms with E-state index in [1.54, 1.807) is 0 Å². The van der Waals surface area contributed by atoms with Gasteiger partial charge in [0.2, 0.25) is 0 Å². The Morgan fingerprint density at radius 2 is 2.45 bits per heavy atom. The smallest absolute Gasteiger partial charge is 0.331 e. The largest absolute Gasteiger partial charge is 0.497 e. The maximum atomic E-state index is 10.1. The number of hydrogen-bond donors (Lipinski definition) is 2. The fourth-order valence-electron chi connectivity index (χ4n) is 0.958. The van der Waals surface area contributed by atoms with Gasteiger partial charge in [-0.05, 0) is 0 Å². The number of rotatable bonds is 1. The maximum absolute atomic E-state index is 10.1. The van der Waals surface area contributed by atoms with Crippen LogP contribution in [0.25, 0.3) is 0 Å². The lowest BCUT2D eigenvalue weighted by molar-refractivity contribution is -0.131. The van der Waals surface area contributed by atoms with Crippen LogP contribution < -0.4 is 0 Å². The summed E-state index contributed by atoms with van der Waals surface area (Å²) in [6, 6.07) is 0. The van der Waals surface area contributed by atoms with Crippen LogP contribution in [-0.2, 0) is 9.53 Å². The van der Waals surface area contributed by atoms with Crippen LogP contribution in [0, 0.1) is 0 Å².